The minimum Gasteiger partial charge on any atom is -0.381 e. The minimum absolute atomic E-state index is 0.309. The summed E-state index contributed by atoms with van der Waals surface area (Å²) in [5, 5.41) is 3.47. The second kappa shape index (κ2) is 6.97. The van der Waals surface area contributed by atoms with Crippen LogP contribution in [0.5, 0.6) is 0 Å². The Bertz CT molecular complexity index is 313. The molecule has 0 spiro atoms. The lowest BCUT2D eigenvalue weighted by atomic mass is 9.65. The number of methoxy groups -OCH3 is 1. The van der Waals surface area contributed by atoms with Gasteiger partial charge in [-0.2, -0.15) is 0 Å². The zero-order chi connectivity index (χ0) is 15.5. The van der Waals surface area contributed by atoms with Crippen molar-refractivity contribution in [3.63, 3.8) is 0 Å². The number of hydrogen-bond acceptors (Lipinski definition) is 3. The van der Waals surface area contributed by atoms with Gasteiger partial charge in [0.05, 0.1) is 6.10 Å². The molecule has 0 unspecified atom stereocenters. The maximum Gasteiger partial charge on any atom is 0.0571 e. The van der Waals surface area contributed by atoms with E-state index < -0.39 is 0 Å². The van der Waals surface area contributed by atoms with Crippen LogP contribution in [0.3, 0.4) is 0 Å². The van der Waals surface area contributed by atoms with E-state index in [4.69, 9.17) is 4.74 Å². The summed E-state index contributed by atoms with van der Waals surface area (Å²) in [7, 11) is 1.86. The van der Waals surface area contributed by atoms with Gasteiger partial charge >= 0.3 is 0 Å². The van der Waals surface area contributed by atoms with Crippen LogP contribution in [-0.2, 0) is 4.74 Å². The van der Waals surface area contributed by atoms with Crippen molar-refractivity contribution in [3.8, 4) is 0 Å². The van der Waals surface area contributed by atoms with Crippen LogP contribution >= 0.6 is 0 Å². The molecule has 0 aromatic heterocycles. The van der Waals surface area contributed by atoms with Gasteiger partial charge in [0, 0.05) is 38.8 Å². The molecule has 1 aliphatic carbocycles. The molecule has 21 heavy (non-hydrogen) atoms. The van der Waals surface area contributed by atoms with E-state index in [2.05, 4.69) is 37.9 Å². The van der Waals surface area contributed by atoms with Gasteiger partial charge in [-0.3, -0.25) is 4.90 Å². The first kappa shape index (κ1) is 17.2. The highest BCUT2D eigenvalue weighted by Gasteiger charge is 2.39. The zero-order valence-corrected chi connectivity index (χ0v) is 14.9. The fraction of sp³-hybridized carbons (Fsp3) is 1.00. The molecule has 124 valence electrons. The molecule has 0 atom stereocenters. The number of rotatable bonds is 5. The quantitative estimate of drug-likeness (QED) is 0.842. The monoisotopic (exact) mass is 296 g/mol. The maximum absolute atomic E-state index is 5.53. The summed E-state index contributed by atoms with van der Waals surface area (Å²) in [4.78, 5) is 2.69. The average molecular weight is 296 g/mol. The van der Waals surface area contributed by atoms with Crippen LogP contribution in [0, 0.1) is 11.3 Å². The summed E-state index contributed by atoms with van der Waals surface area (Å²) < 4.78 is 5.53. The van der Waals surface area contributed by atoms with E-state index in [0.29, 0.717) is 17.1 Å². The largest absolute Gasteiger partial charge is 0.381 e. The molecule has 0 aromatic rings. The minimum atomic E-state index is 0.309. The van der Waals surface area contributed by atoms with Crippen molar-refractivity contribution in [2.75, 3.05) is 33.3 Å². The Morgan fingerprint density at radius 1 is 1.00 bits per heavy atom. The SMILES string of the molecule is COC1CCC(C(C)(C)CC(C)(C)N2CCNCC2)CC1. The third-order valence-electron chi connectivity index (χ3n) is 5.97. The van der Waals surface area contributed by atoms with Crippen LogP contribution in [-0.4, -0.2) is 49.8 Å². The molecular weight excluding hydrogens is 260 g/mol. The highest BCUT2D eigenvalue weighted by molar-refractivity contribution is 4.93. The summed E-state index contributed by atoms with van der Waals surface area (Å²) in [5.74, 6) is 0.853. The van der Waals surface area contributed by atoms with Crippen molar-refractivity contribution in [3.05, 3.63) is 0 Å². The van der Waals surface area contributed by atoms with Crippen molar-refractivity contribution in [2.24, 2.45) is 11.3 Å². The van der Waals surface area contributed by atoms with Crippen LogP contribution in [0.4, 0.5) is 0 Å². The van der Waals surface area contributed by atoms with Crippen LogP contribution in [0.1, 0.15) is 59.8 Å². The molecule has 0 aromatic carbocycles. The summed E-state index contributed by atoms with van der Waals surface area (Å²) in [6.45, 7) is 14.6. The predicted octanol–water partition coefficient (Wildman–Crippen LogP) is 3.29. The van der Waals surface area contributed by atoms with Gasteiger partial charge in [0.15, 0.2) is 0 Å². The highest BCUT2D eigenvalue weighted by atomic mass is 16.5. The van der Waals surface area contributed by atoms with Gasteiger partial charge < -0.3 is 10.1 Å². The van der Waals surface area contributed by atoms with E-state index in [1.54, 1.807) is 0 Å². The van der Waals surface area contributed by atoms with Crippen LogP contribution in [0.15, 0.2) is 0 Å². The Labute approximate surface area is 131 Å². The van der Waals surface area contributed by atoms with Gasteiger partial charge in [0.25, 0.3) is 0 Å². The molecular formula is C18H36N2O. The normalized spacial score (nSPS) is 29.6. The molecule has 0 radical (unpaired) electrons. The van der Waals surface area contributed by atoms with E-state index in [9.17, 15) is 0 Å². The Hall–Kier alpha value is -0.120. The number of ether oxygens (including phenoxy) is 1. The van der Waals surface area contributed by atoms with Gasteiger partial charge in [-0.15, -0.1) is 0 Å². The molecule has 0 amide bonds. The molecule has 3 nitrogen and oxygen atoms in total. The molecule has 2 fully saturated rings. The first-order valence-electron chi connectivity index (χ1n) is 8.84. The van der Waals surface area contributed by atoms with E-state index in [1.165, 1.54) is 45.2 Å². The van der Waals surface area contributed by atoms with Gasteiger partial charge in [-0.25, -0.2) is 0 Å². The van der Waals surface area contributed by atoms with Crippen molar-refractivity contribution in [2.45, 2.75) is 71.4 Å². The highest BCUT2D eigenvalue weighted by Crippen LogP contribution is 2.44. The molecule has 1 heterocycles. The van der Waals surface area contributed by atoms with Gasteiger partial charge in [0.2, 0.25) is 0 Å². The lowest BCUT2D eigenvalue weighted by Gasteiger charge is -2.48. The van der Waals surface area contributed by atoms with Gasteiger partial charge in [-0.05, 0) is 57.3 Å². The fourth-order valence-corrected chi connectivity index (χ4v) is 4.72. The summed E-state index contributed by atoms with van der Waals surface area (Å²) in [6.07, 6.45) is 6.98. The van der Waals surface area contributed by atoms with E-state index in [1.807, 2.05) is 7.11 Å². The topological polar surface area (TPSA) is 24.5 Å². The second-order valence-electron chi connectivity index (χ2n) is 8.42. The Morgan fingerprint density at radius 2 is 1.57 bits per heavy atom. The smallest absolute Gasteiger partial charge is 0.0571 e. The van der Waals surface area contributed by atoms with Crippen molar-refractivity contribution < 1.29 is 4.74 Å². The lowest BCUT2D eigenvalue weighted by Crippen LogP contribution is -2.55. The zero-order valence-electron chi connectivity index (χ0n) is 14.9. The molecule has 0 bridgehead atoms. The summed E-state index contributed by atoms with van der Waals surface area (Å²) in [5.41, 5.74) is 0.733. The predicted molar refractivity (Wildman–Crippen MR) is 89.7 cm³/mol. The molecule has 3 heteroatoms. The second-order valence-corrected chi connectivity index (χ2v) is 8.42. The molecule has 1 aliphatic heterocycles. The molecule has 1 N–H and O–H groups in total. The number of piperazine rings is 1. The Morgan fingerprint density at radius 3 is 2.10 bits per heavy atom. The fourth-order valence-electron chi connectivity index (χ4n) is 4.72. The van der Waals surface area contributed by atoms with Crippen molar-refractivity contribution in [1.29, 1.82) is 0 Å². The third kappa shape index (κ3) is 4.43. The number of nitrogens with one attached hydrogen (secondary N) is 1. The molecule has 2 rings (SSSR count). The van der Waals surface area contributed by atoms with E-state index >= 15 is 0 Å². The summed E-state index contributed by atoms with van der Waals surface area (Å²) in [6, 6.07) is 0. The first-order chi connectivity index (χ1) is 9.85. The molecule has 2 aliphatic rings. The van der Waals surface area contributed by atoms with Crippen LogP contribution in [0.25, 0.3) is 0 Å². The van der Waals surface area contributed by atoms with E-state index in [-0.39, 0.29) is 0 Å². The van der Waals surface area contributed by atoms with Crippen molar-refractivity contribution >= 4 is 0 Å². The Balaban J connectivity index is 1.92. The first-order valence-corrected chi connectivity index (χ1v) is 8.84. The lowest BCUT2D eigenvalue weighted by molar-refractivity contribution is 0.000612. The van der Waals surface area contributed by atoms with Gasteiger partial charge in [-0.1, -0.05) is 13.8 Å². The summed E-state index contributed by atoms with van der Waals surface area (Å²) >= 11 is 0. The number of nitrogens with zero attached hydrogens (tertiary/aromatic N) is 1. The van der Waals surface area contributed by atoms with E-state index in [0.717, 1.165) is 19.0 Å². The number of hydrogen-bond donors (Lipinski definition) is 1. The maximum atomic E-state index is 5.53. The van der Waals surface area contributed by atoms with Crippen molar-refractivity contribution in [1.82, 2.24) is 10.2 Å². The van der Waals surface area contributed by atoms with Crippen LogP contribution in [0.2, 0.25) is 0 Å². The third-order valence-corrected chi connectivity index (χ3v) is 5.97. The van der Waals surface area contributed by atoms with Crippen LogP contribution < -0.4 is 5.32 Å². The van der Waals surface area contributed by atoms with Gasteiger partial charge in [0.1, 0.15) is 0 Å². The average Bonchev–Trinajstić information content (AvgIpc) is 2.47. The molecule has 1 saturated carbocycles. The molecule has 1 saturated heterocycles. The standard InChI is InChI=1S/C18H36N2O/c1-17(2,15-6-8-16(21-5)9-7-15)14-18(3,4)20-12-10-19-11-13-20/h15-16,19H,6-14H2,1-5H3. The Kier molecular flexibility index (Phi) is 5.72.